The van der Waals surface area contributed by atoms with Crippen molar-refractivity contribution < 1.29 is 14.3 Å². The smallest absolute Gasteiger partial charge is 0.265 e. The summed E-state index contributed by atoms with van der Waals surface area (Å²) in [6.07, 6.45) is 1.46. The summed E-state index contributed by atoms with van der Waals surface area (Å²) in [7, 11) is 4.55. The molecule has 0 bridgehead atoms. The summed E-state index contributed by atoms with van der Waals surface area (Å²) in [5, 5.41) is 0.649. The first-order chi connectivity index (χ1) is 9.86. The molecule has 2 rings (SSSR count). The van der Waals surface area contributed by atoms with Gasteiger partial charge in [0.05, 0.1) is 7.11 Å². The maximum Gasteiger partial charge on any atom is 0.265 e. The van der Waals surface area contributed by atoms with E-state index < -0.39 is 11.8 Å². The summed E-state index contributed by atoms with van der Waals surface area (Å²) in [5.41, 5.74) is 0.561. The maximum atomic E-state index is 12.2. The number of ether oxygens (including phenoxy) is 1. The molecule has 0 unspecified atom stereocenters. The van der Waals surface area contributed by atoms with Gasteiger partial charge in [0.25, 0.3) is 11.8 Å². The molecule has 0 saturated carbocycles. The Kier molecular flexibility index (Phi) is 4.29. The molecular formula is C14H13ClN2O3S. The number of benzene rings is 1. The van der Waals surface area contributed by atoms with Crippen molar-refractivity contribution in [1.29, 1.82) is 0 Å². The Bertz CT molecular complexity index is 646. The lowest BCUT2D eigenvalue weighted by atomic mass is 10.1. The van der Waals surface area contributed by atoms with Gasteiger partial charge in [-0.1, -0.05) is 11.6 Å². The Labute approximate surface area is 132 Å². The van der Waals surface area contributed by atoms with Gasteiger partial charge >= 0.3 is 0 Å². The van der Waals surface area contributed by atoms with Crippen molar-refractivity contribution in [2.75, 3.05) is 21.2 Å². The number of amides is 2. The highest BCUT2D eigenvalue weighted by atomic mass is 35.5. The van der Waals surface area contributed by atoms with Crippen LogP contribution in [-0.2, 0) is 9.59 Å². The molecule has 1 saturated heterocycles. The van der Waals surface area contributed by atoms with Gasteiger partial charge < -0.3 is 4.74 Å². The average Bonchev–Trinajstić information content (AvgIpc) is 2.48. The first-order valence-electron chi connectivity index (χ1n) is 6.02. The summed E-state index contributed by atoms with van der Waals surface area (Å²) in [6, 6.07) is 4.96. The van der Waals surface area contributed by atoms with E-state index >= 15 is 0 Å². The number of nitrogens with zero attached hydrogens (tertiary/aromatic N) is 2. The van der Waals surface area contributed by atoms with Crippen molar-refractivity contribution in [2.24, 2.45) is 0 Å². The van der Waals surface area contributed by atoms with E-state index in [0.717, 1.165) is 0 Å². The van der Waals surface area contributed by atoms with Crippen molar-refractivity contribution in [3.05, 3.63) is 34.4 Å². The topological polar surface area (TPSA) is 49.9 Å². The molecule has 1 heterocycles. The van der Waals surface area contributed by atoms with Gasteiger partial charge in [-0.3, -0.25) is 19.4 Å². The van der Waals surface area contributed by atoms with E-state index in [1.54, 1.807) is 18.2 Å². The highest BCUT2D eigenvalue weighted by Gasteiger charge is 2.35. The van der Waals surface area contributed by atoms with Crippen molar-refractivity contribution in [1.82, 2.24) is 9.80 Å². The van der Waals surface area contributed by atoms with Crippen molar-refractivity contribution in [3.63, 3.8) is 0 Å². The molecule has 0 aromatic heterocycles. The molecule has 0 aliphatic carbocycles. The fourth-order valence-electron chi connectivity index (χ4n) is 1.95. The summed E-state index contributed by atoms with van der Waals surface area (Å²) in [5.74, 6) is -0.388. The van der Waals surface area contributed by atoms with E-state index in [1.807, 2.05) is 0 Å². The first-order valence-corrected chi connectivity index (χ1v) is 6.80. The van der Waals surface area contributed by atoms with Crippen molar-refractivity contribution >= 4 is 46.8 Å². The number of halogens is 1. The minimum absolute atomic E-state index is 0.00849. The van der Waals surface area contributed by atoms with Crippen LogP contribution in [0.2, 0.25) is 5.02 Å². The zero-order valence-electron chi connectivity index (χ0n) is 11.7. The normalized spacial score (nSPS) is 15.6. The summed E-state index contributed by atoms with van der Waals surface area (Å²) < 4.78 is 5.21. The fourth-order valence-corrected chi connectivity index (χ4v) is 2.29. The van der Waals surface area contributed by atoms with E-state index in [-0.39, 0.29) is 10.7 Å². The number of rotatable bonds is 2. The van der Waals surface area contributed by atoms with Gasteiger partial charge in [0.2, 0.25) is 0 Å². The number of thiocarbonyl (C=S) groups is 1. The summed E-state index contributed by atoms with van der Waals surface area (Å²) >= 11 is 11.0. The number of carbonyl (C=O) groups excluding carboxylic acids is 2. The maximum absolute atomic E-state index is 12.2. The average molecular weight is 325 g/mol. The summed E-state index contributed by atoms with van der Waals surface area (Å²) in [4.78, 5) is 27.0. The molecule has 0 spiro atoms. The fraction of sp³-hybridized carbons (Fsp3) is 0.214. The predicted octanol–water partition coefficient (Wildman–Crippen LogP) is 1.95. The second-order valence-electron chi connectivity index (χ2n) is 4.46. The van der Waals surface area contributed by atoms with Crippen LogP contribution in [0.5, 0.6) is 5.75 Å². The zero-order chi connectivity index (χ0) is 15.7. The van der Waals surface area contributed by atoms with E-state index in [9.17, 15) is 9.59 Å². The molecule has 1 fully saturated rings. The van der Waals surface area contributed by atoms with Crippen LogP contribution >= 0.6 is 23.8 Å². The van der Waals surface area contributed by atoms with E-state index in [4.69, 9.17) is 28.6 Å². The predicted molar refractivity (Wildman–Crippen MR) is 84.1 cm³/mol. The van der Waals surface area contributed by atoms with E-state index in [2.05, 4.69) is 0 Å². The second-order valence-corrected chi connectivity index (χ2v) is 5.26. The third kappa shape index (κ3) is 2.77. The largest absolute Gasteiger partial charge is 0.496 e. The van der Waals surface area contributed by atoms with Gasteiger partial charge in [-0.2, -0.15) is 0 Å². The Morgan fingerprint density at radius 1 is 1.19 bits per heavy atom. The van der Waals surface area contributed by atoms with Gasteiger partial charge in [0, 0.05) is 24.7 Å². The number of carbonyl (C=O) groups is 2. The lowest BCUT2D eigenvalue weighted by Crippen LogP contribution is -2.52. The number of hydrogen-bond donors (Lipinski definition) is 0. The monoisotopic (exact) mass is 324 g/mol. The minimum Gasteiger partial charge on any atom is -0.496 e. The van der Waals surface area contributed by atoms with Crippen LogP contribution in [0.15, 0.2) is 23.8 Å². The van der Waals surface area contributed by atoms with Gasteiger partial charge in [-0.25, -0.2) is 0 Å². The number of hydrogen-bond acceptors (Lipinski definition) is 4. The second kappa shape index (κ2) is 5.83. The standard InChI is InChI=1S/C14H13ClN2O3S/c1-16-12(18)10(13(19)17(2)14(16)21)7-8-6-9(15)4-5-11(8)20-3/h4-7H,1-3H3. The lowest BCUT2D eigenvalue weighted by Gasteiger charge is -2.31. The molecule has 7 heteroatoms. The van der Waals surface area contributed by atoms with Crippen LogP contribution in [0.3, 0.4) is 0 Å². The Morgan fingerprint density at radius 2 is 1.76 bits per heavy atom. The van der Waals surface area contributed by atoms with Crippen molar-refractivity contribution in [3.8, 4) is 5.75 Å². The molecule has 1 aromatic rings. The molecule has 21 heavy (non-hydrogen) atoms. The third-order valence-electron chi connectivity index (χ3n) is 3.14. The van der Waals surface area contributed by atoms with Gasteiger partial charge in [0.15, 0.2) is 5.11 Å². The lowest BCUT2D eigenvalue weighted by molar-refractivity contribution is -0.132. The van der Waals surface area contributed by atoms with Crippen LogP contribution in [0, 0.1) is 0 Å². The van der Waals surface area contributed by atoms with Gasteiger partial charge in [0.1, 0.15) is 11.3 Å². The Balaban J connectivity index is 2.54. The van der Waals surface area contributed by atoms with Crippen LogP contribution in [0.1, 0.15) is 5.56 Å². The van der Waals surface area contributed by atoms with E-state index in [0.29, 0.717) is 16.3 Å². The Morgan fingerprint density at radius 3 is 2.29 bits per heavy atom. The third-order valence-corrected chi connectivity index (χ3v) is 3.92. The molecule has 0 atom stereocenters. The molecule has 110 valence electrons. The number of likely N-dealkylation sites (N-methyl/N-ethyl adjacent to an activating group) is 2. The van der Waals surface area contributed by atoms with Gasteiger partial charge in [-0.05, 0) is 36.5 Å². The minimum atomic E-state index is -0.454. The molecular weight excluding hydrogens is 312 g/mol. The quantitative estimate of drug-likeness (QED) is 0.474. The van der Waals surface area contributed by atoms with Crippen LogP contribution < -0.4 is 4.74 Å². The molecule has 1 aliphatic rings. The Hall–Kier alpha value is -1.92. The molecule has 1 aliphatic heterocycles. The first kappa shape index (κ1) is 15.5. The highest BCUT2D eigenvalue weighted by Crippen LogP contribution is 2.27. The molecule has 1 aromatic carbocycles. The molecule has 0 N–H and O–H groups in total. The molecule has 2 amide bonds. The zero-order valence-corrected chi connectivity index (χ0v) is 13.3. The van der Waals surface area contributed by atoms with Gasteiger partial charge in [-0.15, -0.1) is 0 Å². The van der Waals surface area contributed by atoms with Crippen LogP contribution in [0.4, 0.5) is 0 Å². The molecule has 0 radical (unpaired) electrons. The SMILES string of the molecule is COc1ccc(Cl)cc1C=C1C(=O)N(C)C(=S)N(C)C1=O. The van der Waals surface area contributed by atoms with Crippen molar-refractivity contribution in [2.45, 2.75) is 0 Å². The number of methoxy groups -OCH3 is 1. The van der Waals surface area contributed by atoms with E-state index in [1.165, 1.54) is 37.1 Å². The summed E-state index contributed by atoms with van der Waals surface area (Å²) in [6.45, 7) is 0. The van der Waals surface area contributed by atoms with Crippen LogP contribution in [0.25, 0.3) is 6.08 Å². The highest BCUT2D eigenvalue weighted by molar-refractivity contribution is 7.80. The molecule has 5 nitrogen and oxygen atoms in total. The van der Waals surface area contributed by atoms with Crippen LogP contribution in [-0.4, -0.2) is 47.9 Å².